The van der Waals surface area contributed by atoms with E-state index < -0.39 is 0 Å². The molecule has 3 unspecified atom stereocenters. The molecular formula is C18H23NO. The molecule has 2 heteroatoms. The summed E-state index contributed by atoms with van der Waals surface area (Å²) in [5, 5.41) is 0. The minimum absolute atomic E-state index is 0.507. The van der Waals surface area contributed by atoms with Crippen LogP contribution >= 0.6 is 0 Å². The summed E-state index contributed by atoms with van der Waals surface area (Å²) in [6.07, 6.45) is 9.10. The van der Waals surface area contributed by atoms with Gasteiger partial charge in [-0.25, -0.2) is 0 Å². The van der Waals surface area contributed by atoms with Crippen molar-refractivity contribution in [1.29, 1.82) is 0 Å². The highest BCUT2D eigenvalue weighted by molar-refractivity contribution is 5.80. The van der Waals surface area contributed by atoms with Gasteiger partial charge in [-0.1, -0.05) is 30.7 Å². The Hall–Kier alpha value is -1.15. The molecule has 2 aliphatic heterocycles. The van der Waals surface area contributed by atoms with E-state index in [1.54, 1.807) is 11.1 Å². The zero-order valence-corrected chi connectivity index (χ0v) is 12.1. The maximum atomic E-state index is 11.9. The minimum atomic E-state index is 0.507. The first-order valence-corrected chi connectivity index (χ1v) is 8.17. The second-order valence-electron chi connectivity index (χ2n) is 6.80. The number of benzene rings is 1. The summed E-state index contributed by atoms with van der Waals surface area (Å²) < 4.78 is 0. The number of carbonyl (C=O) groups excluding carboxylic acids is 1. The molecule has 3 atom stereocenters. The van der Waals surface area contributed by atoms with E-state index in [0.717, 1.165) is 12.8 Å². The van der Waals surface area contributed by atoms with Crippen molar-refractivity contribution in [3.05, 3.63) is 35.4 Å². The van der Waals surface area contributed by atoms with Gasteiger partial charge >= 0.3 is 0 Å². The SMILES string of the molecule is O=C1CC2CCCC(C1)N2C1CCc2ccccc2C1. The molecule has 2 nitrogen and oxygen atoms in total. The topological polar surface area (TPSA) is 20.3 Å². The maximum absolute atomic E-state index is 11.9. The van der Waals surface area contributed by atoms with Crippen molar-refractivity contribution in [1.82, 2.24) is 4.90 Å². The van der Waals surface area contributed by atoms with Crippen molar-refractivity contribution in [2.45, 2.75) is 69.5 Å². The highest BCUT2D eigenvalue weighted by atomic mass is 16.1. The first-order valence-electron chi connectivity index (χ1n) is 8.17. The molecule has 0 radical (unpaired) electrons. The number of Topliss-reactive ketones (excluding diaryl/α,β-unsaturated/α-hetero) is 1. The molecule has 1 aliphatic carbocycles. The number of fused-ring (bicyclic) bond motifs is 3. The largest absolute Gasteiger partial charge is 0.300 e. The predicted molar refractivity (Wildman–Crippen MR) is 79.8 cm³/mol. The lowest BCUT2D eigenvalue weighted by Gasteiger charge is -2.50. The normalized spacial score (nSPS) is 33.8. The lowest BCUT2D eigenvalue weighted by atomic mass is 9.79. The third-order valence-corrected chi connectivity index (χ3v) is 5.59. The lowest BCUT2D eigenvalue weighted by Crippen LogP contribution is -2.57. The summed E-state index contributed by atoms with van der Waals surface area (Å²) in [7, 11) is 0. The van der Waals surface area contributed by atoms with Crippen molar-refractivity contribution < 1.29 is 4.79 Å². The van der Waals surface area contributed by atoms with Gasteiger partial charge in [-0.15, -0.1) is 0 Å². The monoisotopic (exact) mass is 269 g/mol. The first-order chi connectivity index (χ1) is 9.81. The zero-order chi connectivity index (χ0) is 13.5. The molecule has 0 N–H and O–H groups in total. The fraction of sp³-hybridized carbons (Fsp3) is 0.611. The van der Waals surface area contributed by atoms with Gasteiger partial charge in [0, 0.05) is 31.0 Å². The van der Waals surface area contributed by atoms with Crippen molar-refractivity contribution in [3.8, 4) is 0 Å². The Labute approximate surface area is 121 Å². The van der Waals surface area contributed by atoms with Gasteiger partial charge in [-0.2, -0.15) is 0 Å². The quantitative estimate of drug-likeness (QED) is 0.780. The Bertz CT molecular complexity index is 508. The Morgan fingerprint density at radius 2 is 1.50 bits per heavy atom. The van der Waals surface area contributed by atoms with E-state index in [0.29, 0.717) is 23.9 Å². The number of aryl methyl sites for hydroxylation is 1. The number of nitrogens with zero attached hydrogens (tertiary/aromatic N) is 1. The van der Waals surface area contributed by atoms with E-state index in [4.69, 9.17) is 0 Å². The molecule has 4 rings (SSSR count). The number of hydrogen-bond acceptors (Lipinski definition) is 2. The van der Waals surface area contributed by atoms with Crippen molar-refractivity contribution >= 4 is 5.78 Å². The average Bonchev–Trinajstić information content (AvgIpc) is 2.46. The van der Waals surface area contributed by atoms with E-state index in [2.05, 4.69) is 29.2 Å². The molecule has 106 valence electrons. The van der Waals surface area contributed by atoms with E-state index in [-0.39, 0.29) is 0 Å². The average molecular weight is 269 g/mol. The number of ketones is 1. The molecule has 2 heterocycles. The van der Waals surface area contributed by atoms with Gasteiger partial charge in [-0.05, 0) is 43.2 Å². The molecule has 0 aromatic heterocycles. The standard InChI is InChI=1S/C18H23NO/c20-18-11-15-6-3-7-16(12-18)19(15)17-9-8-13-4-1-2-5-14(13)10-17/h1-2,4-5,15-17H,3,6-12H2. The molecule has 2 fully saturated rings. The third kappa shape index (κ3) is 2.10. The second-order valence-corrected chi connectivity index (χ2v) is 6.80. The summed E-state index contributed by atoms with van der Waals surface area (Å²) in [5.74, 6) is 0.507. The molecule has 1 aromatic carbocycles. The van der Waals surface area contributed by atoms with Crippen LogP contribution in [0.2, 0.25) is 0 Å². The molecule has 0 amide bonds. The third-order valence-electron chi connectivity index (χ3n) is 5.59. The Morgan fingerprint density at radius 3 is 2.25 bits per heavy atom. The van der Waals surface area contributed by atoms with Crippen LogP contribution in [0, 0.1) is 0 Å². The smallest absolute Gasteiger partial charge is 0.136 e. The Balaban J connectivity index is 1.58. The van der Waals surface area contributed by atoms with E-state index in [1.807, 2.05) is 0 Å². The van der Waals surface area contributed by atoms with Gasteiger partial charge in [0.25, 0.3) is 0 Å². The van der Waals surface area contributed by atoms with Gasteiger partial charge in [0.1, 0.15) is 5.78 Å². The molecule has 1 aromatic rings. The molecule has 0 saturated carbocycles. The van der Waals surface area contributed by atoms with E-state index >= 15 is 0 Å². The van der Waals surface area contributed by atoms with Gasteiger partial charge in [0.05, 0.1) is 0 Å². The van der Waals surface area contributed by atoms with E-state index in [9.17, 15) is 4.79 Å². The Morgan fingerprint density at radius 1 is 0.850 bits per heavy atom. The van der Waals surface area contributed by atoms with Crippen molar-refractivity contribution in [2.24, 2.45) is 0 Å². The minimum Gasteiger partial charge on any atom is -0.300 e. The predicted octanol–water partition coefficient (Wildman–Crippen LogP) is 3.13. The molecule has 3 aliphatic rings. The van der Waals surface area contributed by atoms with Crippen LogP contribution < -0.4 is 0 Å². The van der Waals surface area contributed by atoms with Crippen LogP contribution in [0.5, 0.6) is 0 Å². The van der Waals surface area contributed by atoms with Crippen LogP contribution in [0.1, 0.15) is 49.7 Å². The summed E-state index contributed by atoms with van der Waals surface area (Å²) in [4.78, 5) is 14.6. The highest BCUT2D eigenvalue weighted by Crippen LogP contribution is 2.37. The van der Waals surface area contributed by atoms with Crippen LogP contribution in [0.3, 0.4) is 0 Å². The maximum Gasteiger partial charge on any atom is 0.136 e. The van der Waals surface area contributed by atoms with Gasteiger partial charge < -0.3 is 0 Å². The molecule has 20 heavy (non-hydrogen) atoms. The summed E-state index contributed by atoms with van der Waals surface area (Å²) in [6.45, 7) is 0. The van der Waals surface area contributed by atoms with Crippen LogP contribution in [-0.2, 0) is 17.6 Å². The molecule has 0 spiro atoms. The van der Waals surface area contributed by atoms with Crippen molar-refractivity contribution in [2.75, 3.05) is 0 Å². The summed E-state index contributed by atoms with van der Waals surface area (Å²) in [5.41, 5.74) is 3.08. The molecular weight excluding hydrogens is 246 g/mol. The van der Waals surface area contributed by atoms with Gasteiger partial charge in [0.15, 0.2) is 0 Å². The fourth-order valence-corrected chi connectivity index (χ4v) is 4.74. The van der Waals surface area contributed by atoms with Crippen molar-refractivity contribution in [3.63, 3.8) is 0 Å². The number of rotatable bonds is 1. The first kappa shape index (κ1) is 12.6. The summed E-state index contributed by atoms with van der Waals surface area (Å²) in [6, 6.07) is 10.7. The number of hydrogen-bond donors (Lipinski definition) is 0. The van der Waals surface area contributed by atoms with E-state index in [1.165, 1.54) is 38.5 Å². The summed E-state index contributed by atoms with van der Waals surface area (Å²) >= 11 is 0. The Kier molecular flexibility index (Phi) is 3.14. The zero-order valence-electron chi connectivity index (χ0n) is 12.1. The molecule has 2 bridgehead atoms. The lowest BCUT2D eigenvalue weighted by molar-refractivity contribution is -0.129. The van der Waals surface area contributed by atoms with Gasteiger partial charge in [-0.3, -0.25) is 9.69 Å². The number of piperidine rings is 2. The van der Waals surface area contributed by atoms with Crippen LogP contribution in [0.4, 0.5) is 0 Å². The second kappa shape index (κ2) is 5.00. The van der Waals surface area contributed by atoms with Crippen LogP contribution in [0.15, 0.2) is 24.3 Å². The van der Waals surface area contributed by atoms with Gasteiger partial charge in [0.2, 0.25) is 0 Å². The molecule has 2 saturated heterocycles. The fourth-order valence-electron chi connectivity index (χ4n) is 4.74. The number of carbonyl (C=O) groups is 1. The highest BCUT2D eigenvalue weighted by Gasteiger charge is 2.41. The van der Waals surface area contributed by atoms with Crippen LogP contribution in [0.25, 0.3) is 0 Å². The van der Waals surface area contributed by atoms with Crippen LogP contribution in [-0.4, -0.2) is 28.8 Å².